The molecule has 2 atom stereocenters. The topological polar surface area (TPSA) is 170 Å². The number of carbonyl (C=O) groups excluding carboxylic acids is 3. The maximum atomic E-state index is 14.6. The third-order valence-corrected chi connectivity index (χ3v) is 10.4. The Morgan fingerprint density at radius 2 is 1.00 bits per heavy atom. The van der Waals surface area contributed by atoms with Gasteiger partial charge in [0.25, 0.3) is 0 Å². The van der Waals surface area contributed by atoms with Gasteiger partial charge in [-0.3, -0.25) is 14.6 Å². The van der Waals surface area contributed by atoms with Crippen molar-refractivity contribution in [2.24, 2.45) is 5.73 Å². The van der Waals surface area contributed by atoms with Crippen LogP contribution in [-0.4, -0.2) is 75.3 Å². The molecule has 4 aromatic rings. The van der Waals surface area contributed by atoms with Crippen molar-refractivity contribution >= 4 is 24.1 Å². The van der Waals surface area contributed by atoms with Gasteiger partial charge in [-0.1, -0.05) is 7.43 Å². The molecule has 74 heavy (non-hydrogen) atoms. The molecule has 13 nitrogen and oxygen atoms in total. The van der Waals surface area contributed by atoms with Gasteiger partial charge in [0, 0.05) is 49.4 Å². The number of nitrogens with zero attached hydrogens (tertiary/aromatic N) is 2. The highest BCUT2D eigenvalue weighted by molar-refractivity contribution is 5.86. The van der Waals surface area contributed by atoms with E-state index in [0.29, 0.717) is 44.5 Å². The Balaban J connectivity index is 0.000000322. The van der Waals surface area contributed by atoms with Gasteiger partial charge in [-0.05, 0) is 141 Å². The van der Waals surface area contributed by atoms with Crippen molar-refractivity contribution in [3.63, 3.8) is 0 Å². The zero-order valence-electron chi connectivity index (χ0n) is 41.0. The number of nitrogens with two attached hydrogens (primary N) is 1. The van der Waals surface area contributed by atoms with Gasteiger partial charge < -0.3 is 35.1 Å². The predicted octanol–water partition coefficient (Wildman–Crippen LogP) is 12.7. The van der Waals surface area contributed by atoms with Crippen LogP contribution < -0.4 is 20.5 Å². The zero-order chi connectivity index (χ0) is 55.0. The van der Waals surface area contributed by atoms with Crippen molar-refractivity contribution in [3.05, 3.63) is 117 Å². The Bertz CT molecular complexity index is 2630. The number of amides is 3. The highest BCUT2D eigenvalue weighted by Gasteiger charge is 2.38. The van der Waals surface area contributed by atoms with Crippen molar-refractivity contribution in [2.45, 2.75) is 137 Å². The van der Waals surface area contributed by atoms with E-state index in [0.717, 1.165) is 42.8 Å². The van der Waals surface area contributed by atoms with E-state index >= 15 is 0 Å². The summed E-state index contributed by atoms with van der Waals surface area (Å²) < 4.78 is 155. The molecule has 408 valence electrons. The molecule has 2 saturated heterocycles. The Morgan fingerprint density at radius 3 is 1.39 bits per heavy atom. The number of carboxylic acids is 1. The zero-order valence-corrected chi connectivity index (χ0v) is 41.0. The van der Waals surface area contributed by atoms with Crippen LogP contribution >= 0.6 is 0 Å². The minimum atomic E-state index is -4.63. The van der Waals surface area contributed by atoms with Gasteiger partial charge in [0.1, 0.15) is 46.4 Å². The standard InChI is InChI=1S/C25H27F5N2O4.C15H12F5NO.C10H17NO4.CH4/c1-14-8-16(25(28,29)30)11-17(9-14)35-21-12-18(26)15(10-19(21)27)13-31-22(33)20-6-5-7-32(20)23(34)36-24(2,3)4;1-8-2-10(15(18,19)20)5-11(3-8)22-14-6-12(16)9(7-21)4-13(14)17;1-10(2,3)15-9(14)11-6-4-5-7(11)8(12)13;/h8-12,20H,5-7,13H2,1-4H3,(H,31,33);2-6H,7,21H2,1H3;7H,4-6H2,1-3H3,(H,12,13);1H4/t20-;;7-;/m0.0./s1. The van der Waals surface area contributed by atoms with Crippen LogP contribution in [0.4, 0.5) is 53.5 Å². The monoisotopic (exact) mass is 1060 g/mol. The molecule has 4 N–H and O–H groups in total. The number of carbonyl (C=O) groups is 4. The normalized spacial score (nSPS) is 15.7. The van der Waals surface area contributed by atoms with Gasteiger partial charge in [-0.15, -0.1) is 0 Å². The van der Waals surface area contributed by atoms with E-state index in [9.17, 15) is 63.1 Å². The number of ether oxygens (including phenoxy) is 4. The van der Waals surface area contributed by atoms with Crippen molar-refractivity contribution in [1.29, 1.82) is 0 Å². The molecule has 0 spiro atoms. The Kier molecular flexibility index (Phi) is 20.8. The molecule has 0 aromatic heterocycles. The third kappa shape index (κ3) is 18.0. The molecule has 0 aliphatic carbocycles. The van der Waals surface area contributed by atoms with Gasteiger partial charge in [-0.2, -0.15) is 26.3 Å². The van der Waals surface area contributed by atoms with Crippen LogP contribution in [0, 0.1) is 37.1 Å². The van der Waals surface area contributed by atoms with Crippen LogP contribution in [0.1, 0.15) is 108 Å². The average molecular weight is 1060 g/mol. The quantitative estimate of drug-likeness (QED) is 0.137. The second-order valence-corrected chi connectivity index (χ2v) is 18.9. The van der Waals surface area contributed by atoms with E-state index in [-0.39, 0.29) is 54.3 Å². The molecule has 2 heterocycles. The maximum absolute atomic E-state index is 14.6. The third-order valence-electron chi connectivity index (χ3n) is 10.4. The number of hydrogen-bond donors (Lipinski definition) is 3. The van der Waals surface area contributed by atoms with Crippen LogP contribution in [0.15, 0.2) is 60.7 Å². The SMILES string of the molecule is C.CC(C)(C)OC(=O)N1CCC[C@H]1C(=O)O.Cc1cc(Oc2cc(F)c(CN)cc2F)cc(C(F)(F)F)c1.Cc1cc(Oc2cc(F)c(CNC(=O)[C@@H]3CCCN3C(=O)OC(C)(C)C)cc2F)cc(C(F)(F)F)c1. The van der Waals surface area contributed by atoms with Gasteiger partial charge in [0.05, 0.1) is 11.1 Å². The number of nitrogens with one attached hydrogen (secondary N) is 1. The van der Waals surface area contributed by atoms with Gasteiger partial charge in [0.2, 0.25) is 5.91 Å². The summed E-state index contributed by atoms with van der Waals surface area (Å²) in [5.74, 6) is -6.79. The van der Waals surface area contributed by atoms with Crippen LogP contribution in [0.3, 0.4) is 0 Å². The lowest BCUT2D eigenvalue weighted by molar-refractivity contribution is -0.142. The van der Waals surface area contributed by atoms with Crippen LogP contribution in [0.5, 0.6) is 23.0 Å². The fourth-order valence-electron chi connectivity index (χ4n) is 7.22. The van der Waals surface area contributed by atoms with Crippen molar-refractivity contribution in [3.8, 4) is 23.0 Å². The Hall–Kier alpha value is -6.78. The molecule has 2 fully saturated rings. The average Bonchev–Trinajstić information content (AvgIpc) is 3.96. The largest absolute Gasteiger partial charge is 0.480 e. The lowest BCUT2D eigenvalue weighted by Gasteiger charge is -2.28. The molecule has 3 amide bonds. The molecular formula is C51H60F10N4O9. The van der Waals surface area contributed by atoms with Crippen LogP contribution in [0.25, 0.3) is 0 Å². The summed E-state index contributed by atoms with van der Waals surface area (Å²) in [6, 6.07) is 7.39. The first-order chi connectivity index (χ1) is 33.6. The second-order valence-electron chi connectivity index (χ2n) is 18.9. The predicted molar refractivity (Wildman–Crippen MR) is 251 cm³/mol. The second kappa shape index (κ2) is 25.0. The number of alkyl halides is 6. The summed E-state index contributed by atoms with van der Waals surface area (Å²) in [5.41, 5.74) is 2.27. The highest BCUT2D eigenvalue weighted by Crippen LogP contribution is 2.37. The molecule has 0 radical (unpaired) electrons. The van der Waals surface area contributed by atoms with Gasteiger partial charge in [0.15, 0.2) is 23.1 Å². The van der Waals surface area contributed by atoms with Gasteiger partial charge >= 0.3 is 30.5 Å². The molecule has 0 bridgehead atoms. The fourth-order valence-corrected chi connectivity index (χ4v) is 7.22. The summed E-state index contributed by atoms with van der Waals surface area (Å²) >= 11 is 0. The number of aryl methyl sites for hydroxylation is 2. The van der Waals surface area contributed by atoms with E-state index in [2.05, 4.69) is 5.32 Å². The summed E-state index contributed by atoms with van der Waals surface area (Å²) in [5, 5.41) is 11.4. The van der Waals surface area contributed by atoms with E-state index in [4.69, 9.17) is 29.8 Å². The first kappa shape index (κ1) is 61.5. The number of carboxylic acid groups (broad SMARTS) is 1. The van der Waals surface area contributed by atoms with Gasteiger partial charge in [-0.25, -0.2) is 31.9 Å². The van der Waals surface area contributed by atoms with E-state index in [1.54, 1.807) is 41.5 Å². The van der Waals surface area contributed by atoms with E-state index < -0.39 is 106 Å². The number of halogens is 10. The van der Waals surface area contributed by atoms with E-state index in [1.807, 2.05) is 0 Å². The van der Waals surface area contributed by atoms with Crippen molar-refractivity contribution < 1.29 is 87.1 Å². The minimum absolute atomic E-state index is 0. The molecule has 0 unspecified atom stereocenters. The van der Waals surface area contributed by atoms with Crippen molar-refractivity contribution in [1.82, 2.24) is 15.1 Å². The molecule has 0 saturated carbocycles. The number of likely N-dealkylation sites (tertiary alicyclic amines) is 2. The molecule has 4 aromatic carbocycles. The fraction of sp³-hybridized carbons (Fsp3) is 0.451. The molecule has 23 heteroatoms. The summed E-state index contributed by atoms with van der Waals surface area (Å²) in [6.07, 6.45) is -8.15. The highest BCUT2D eigenvalue weighted by atomic mass is 19.4. The molecule has 2 aliphatic rings. The summed E-state index contributed by atoms with van der Waals surface area (Å²) in [7, 11) is 0. The summed E-state index contributed by atoms with van der Waals surface area (Å²) in [4.78, 5) is 50.1. The first-order valence-corrected chi connectivity index (χ1v) is 22.5. The summed E-state index contributed by atoms with van der Waals surface area (Å²) in [6.45, 7) is 13.5. The Labute approximate surface area is 421 Å². The first-order valence-electron chi connectivity index (χ1n) is 22.5. The lowest BCUT2D eigenvalue weighted by Crippen LogP contribution is -2.47. The smallest absolute Gasteiger partial charge is 0.416 e. The maximum Gasteiger partial charge on any atom is 0.416 e. The van der Waals surface area contributed by atoms with Crippen LogP contribution in [-0.2, 0) is 44.5 Å². The number of benzene rings is 4. The number of hydrogen-bond acceptors (Lipinski definition) is 9. The van der Waals surface area contributed by atoms with Crippen LogP contribution in [0.2, 0.25) is 0 Å². The molecule has 2 aliphatic heterocycles. The lowest BCUT2D eigenvalue weighted by atomic mass is 10.1. The number of rotatable bonds is 9. The number of aliphatic carboxylic acids is 1. The molecular weight excluding hydrogens is 1000 g/mol. The van der Waals surface area contributed by atoms with E-state index in [1.165, 1.54) is 35.8 Å². The molecule has 6 rings (SSSR count). The van der Waals surface area contributed by atoms with Crippen molar-refractivity contribution in [2.75, 3.05) is 13.1 Å². The minimum Gasteiger partial charge on any atom is -0.480 e. The Morgan fingerprint density at radius 1 is 0.608 bits per heavy atom.